The number of allylic oxidation sites excluding steroid dienone is 4. The van der Waals surface area contributed by atoms with Crippen LogP contribution in [0.4, 0.5) is 0 Å². The fourth-order valence-electron chi connectivity index (χ4n) is 4.35. The Morgan fingerprint density at radius 2 is 1.00 bits per heavy atom. The van der Waals surface area contributed by atoms with Gasteiger partial charge in [0.2, 0.25) is 0 Å². The van der Waals surface area contributed by atoms with Crippen LogP contribution in [0.2, 0.25) is 0 Å². The van der Waals surface area contributed by atoms with Gasteiger partial charge < -0.3 is 0 Å². The zero-order chi connectivity index (χ0) is 25.4. The molecule has 0 N–H and O–H groups in total. The van der Waals surface area contributed by atoms with Crippen molar-refractivity contribution in [3.05, 3.63) is 113 Å². The van der Waals surface area contributed by atoms with Crippen LogP contribution in [0.1, 0.15) is 95.8 Å². The van der Waals surface area contributed by atoms with Crippen molar-refractivity contribution in [1.29, 1.82) is 0 Å². The van der Waals surface area contributed by atoms with Crippen LogP contribution in [0.25, 0.3) is 0 Å². The smallest absolute Gasteiger partial charge is 0.154 e. The molecule has 0 saturated heterocycles. The van der Waals surface area contributed by atoms with E-state index < -0.39 is 8.80 Å². The standard InChI is InChI=1S/C27H33Si.C7H9.3ClH.Ti/c1-19(2)22-10-7-13-25(16-22)28(26-14-8-11-23(17-26)20(3)4)27-15-9-12-24(18-27)21(5)6;1-2-7-5-3-4-6-7;;;;/h7-21H,1-6H3;5-6H,2-3H2,1H3;3*1H;/q;-1;;;;. The van der Waals surface area contributed by atoms with Gasteiger partial charge in [0.1, 0.15) is 0 Å². The second kappa shape index (κ2) is 19.9. The average molecular weight is 636 g/mol. The third kappa shape index (κ3) is 11.8. The van der Waals surface area contributed by atoms with Gasteiger partial charge >= 0.3 is 0 Å². The number of hydrogen-bond acceptors (Lipinski definition) is 0. The third-order valence-electron chi connectivity index (χ3n) is 6.70. The fourth-order valence-corrected chi connectivity index (χ4v) is 7.07. The molecule has 1 radical (unpaired) electrons. The Balaban J connectivity index is 0. The average Bonchev–Trinajstić information content (AvgIpc) is 3.39. The van der Waals surface area contributed by atoms with Crippen LogP contribution in [0.3, 0.4) is 0 Å². The molecule has 0 spiro atoms. The first-order valence-electron chi connectivity index (χ1n) is 13.2. The van der Waals surface area contributed by atoms with Crippen LogP contribution in [0, 0.1) is 6.08 Å². The molecule has 0 nitrogen and oxygen atoms in total. The number of benzene rings is 3. The van der Waals surface area contributed by atoms with Crippen molar-refractivity contribution in [2.24, 2.45) is 0 Å². The van der Waals surface area contributed by atoms with E-state index in [9.17, 15) is 0 Å². The summed E-state index contributed by atoms with van der Waals surface area (Å²) in [6, 6.07) is 27.9. The van der Waals surface area contributed by atoms with Gasteiger partial charge in [0.15, 0.2) is 8.80 Å². The molecule has 5 heteroatoms. The van der Waals surface area contributed by atoms with Crippen molar-refractivity contribution >= 4 is 61.6 Å². The van der Waals surface area contributed by atoms with Crippen molar-refractivity contribution in [2.45, 2.75) is 79.1 Å². The summed E-state index contributed by atoms with van der Waals surface area (Å²) >= 11 is 0. The molecule has 0 bridgehead atoms. The molecule has 1 aliphatic carbocycles. The number of halogens is 3. The Bertz CT molecular complexity index is 1050. The van der Waals surface area contributed by atoms with Gasteiger partial charge in [-0.05, 0) is 34.4 Å². The molecule has 3 aromatic carbocycles. The maximum atomic E-state index is 3.11. The second-order valence-corrected chi connectivity index (χ2v) is 12.9. The summed E-state index contributed by atoms with van der Waals surface area (Å²) in [6.07, 6.45) is 9.57. The van der Waals surface area contributed by atoms with Crippen LogP contribution >= 0.6 is 37.2 Å². The van der Waals surface area contributed by atoms with Gasteiger partial charge in [-0.2, -0.15) is 6.08 Å². The van der Waals surface area contributed by atoms with E-state index in [-0.39, 0.29) is 58.9 Å². The first-order chi connectivity index (χ1) is 16.8. The Morgan fingerprint density at radius 3 is 1.23 bits per heavy atom. The van der Waals surface area contributed by atoms with E-state index in [4.69, 9.17) is 0 Å². The summed E-state index contributed by atoms with van der Waals surface area (Å²) in [7, 11) is -1.04. The van der Waals surface area contributed by atoms with Gasteiger partial charge in [-0.3, -0.25) is 6.08 Å². The SMILES string of the molecule is CC(C)c1cccc([Si](c2cccc(C(C)C)c2)c2cccc(C(C)C)c2)c1.CCC1=CC[C-]=C1.Cl.Cl.Cl.[Ti]. The molecule has 0 aliphatic heterocycles. The fraction of sp³-hybridized carbons (Fsp3) is 0.353. The Labute approximate surface area is 273 Å². The largest absolute Gasteiger partial charge is 0.273 e. The molecule has 1 aliphatic rings. The van der Waals surface area contributed by atoms with Gasteiger partial charge in [-0.25, -0.2) is 11.6 Å². The van der Waals surface area contributed by atoms with Gasteiger partial charge in [0.05, 0.1) is 0 Å². The second-order valence-electron chi connectivity index (χ2n) is 10.4. The van der Waals surface area contributed by atoms with Crippen LogP contribution in [0.5, 0.6) is 0 Å². The summed E-state index contributed by atoms with van der Waals surface area (Å²) in [5.41, 5.74) is 5.72. The molecule has 0 atom stereocenters. The molecule has 0 aromatic heterocycles. The minimum absolute atomic E-state index is 0. The monoisotopic (exact) mass is 634 g/mol. The molecular weight excluding hydrogens is 591 g/mol. The molecule has 0 fully saturated rings. The van der Waals surface area contributed by atoms with Crippen LogP contribution in [-0.4, -0.2) is 8.80 Å². The maximum Gasteiger partial charge on any atom is 0.154 e. The minimum atomic E-state index is -1.04. The molecule has 4 rings (SSSR count). The molecule has 211 valence electrons. The predicted octanol–water partition coefficient (Wildman–Crippen LogP) is 8.92. The molecule has 39 heavy (non-hydrogen) atoms. The van der Waals surface area contributed by atoms with Gasteiger partial charge in [0.25, 0.3) is 0 Å². The van der Waals surface area contributed by atoms with Crippen molar-refractivity contribution in [1.82, 2.24) is 0 Å². The van der Waals surface area contributed by atoms with E-state index in [1.54, 1.807) is 0 Å². The first kappa shape index (κ1) is 40.1. The summed E-state index contributed by atoms with van der Waals surface area (Å²) in [5, 5.41) is 4.45. The Kier molecular flexibility index (Phi) is 20.5. The Hall–Kier alpha value is -1.06. The molecule has 0 saturated carbocycles. The first-order valence-corrected chi connectivity index (χ1v) is 14.7. The number of hydrogen-bond donors (Lipinski definition) is 0. The topological polar surface area (TPSA) is 0 Å². The van der Waals surface area contributed by atoms with Crippen LogP contribution in [-0.2, 0) is 21.7 Å². The van der Waals surface area contributed by atoms with Crippen molar-refractivity contribution in [2.75, 3.05) is 0 Å². The van der Waals surface area contributed by atoms with Gasteiger partial charge in [0, 0.05) is 21.7 Å². The Morgan fingerprint density at radius 1 is 0.641 bits per heavy atom. The van der Waals surface area contributed by atoms with Crippen molar-refractivity contribution in [3.8, 4) is 0 Å². The van der Waals surface area contributed by atoms with Gasteiger partial charge in [-0.1, -0.05) is 143 Å². The molecule has 0 unspecified atom stereocenters. The van der Waals surface area contributed by atoms with Gasteiger partial charge in [-0.15, -0.1) is 43.6 Å². The van der Waals surface area contributed by atoms with Crippen LogP contribution in [0.15, 0.2) is 90.5 Å². The zero-order valence-electron chi connectivity index (χ0n) is 24.5. The third-order valence-corrected chi connectivity index (χ3v) is 9.37. The quantitative estimate of drug-likeness (QED) is 0.138. The summed E-state index contributed by atoms with van der Waals surface area (Å²) < 4.78 is 0. The molecular formula is C34H45Cl3SiTi-. The predicted molar refractivity (Wildman–Crippen MR) is 179 cm³/mol. The summed E-state index contributed by atoms with van der Waals surface area (Å²) in [6.45, 7) is 15.9. The van der Waals surface area contributed by atoms with Crippen molar-refractivity contribution in [3.63, 3.8) is 0 Å². The van der Waals surface area contributed by atoms with E-state index in [2.05, 4.69) is 139 Å². The molecule has 3 aromatic rings. The van der Waals surface area contributed by atoms with E-state index in [0.717, 1.165) is 12.8 Å². The normalized spacial score (nSPS) is 11.6. The van der Waals surface area contributed by atoms with E-state index in [1.165, 1.54) is 37.8 Å². The van der Waals surface area contributed by atoms with E-state index in [0.29, 0.717) is 17.8 Å². The maximum absolute atomic E-state index is 3.11. The summed E-state index contributed by atoms with van der Waals surface area (Å²) in [4.78, 5) is 0. The van der Waals surface area contributed by atoms with E-state index >= 15 is 0 Å². The number of rotatable bonds is 7. The van der Waals surface area contributed by atoms with Crippen LogP contribution < -0.4 is 15.6 Å². The van der Waals surface area contributed by atoms with Crippen molar-refractivity contribution < 1.29 is 21.7 Å². The molecule has 0 amide bonds. The minimum Gasteiger partial charge on any atom is -0.273 e. The summed E-state index contributed by atoms with van der Waals surface area (Å²) in [5.74, 6) is 1.64. The zero-order valence-corrected chi connectivity index (χ0v) is 29.5. The van der Waals surface area contributed by atoms with E-state index in [1.807, 2.05) is 0 Å². The molecule has 0 heterocycles.